The van der Waals surface area contributed by atoms with Crippen LogP contribution in [0, 0.1) is 0 Å². The smallest absolute Gasteiger partial charge is 0.263 e. The van der Waals surface area contributed by atoms with E-state index in [1.807, 2.05) is 67.6 Å². The standard InChI is InChI=1S/C25H24N2O4/c1-17(19-11-8-12-20(15-19)30-2)26-24(28)23-16-27(21-13-6-7-14-22(21)31-23)25(29)18-9-4-3-5-10-18/h3-15,17,23H,16H2,1-2H3,(H,26,28). The molecule has 158 valence electrons. The van der Waals surface area contributed by atoms with Gasteiger partial charge in [-0.2, -0.15) is 0 Å². The third kappa shape index (κ3) is 4.38. The van der Waals surface area contributed by atoms with Gasteiger partial charge >= 0.3 is 0 Å². The number of carbonyl (C=O) groups excluding carboxylic acids is 2. The van der Waals surface area contributed by atoms with Crippen molar-refractivity contribution in [1.82, 2.24) is 5.32 Å². The third-order valence-corrected chi connectivity index (χ3v) is 5.28. The van der Waals surface area contributed by atoms with E-state index in [0.717, 1.165) is 11.3 Å². The van der Waals surface area contributed by atoms with Gasteiger partial charge in [0, 0.05) is 5.56 Å². The molecule has 2 amide bonds. The Kier molecular flexibility index (Phi) is 5.89. The zero-order valence-electron chi connectivity index (χ0n) is 17.4. The molecule has 2 unspecified atom stereocenters. The predicted molar refractivity (Wildman–Crippen MR) is 119 cm³/mol. The van der Waals surface area contributed by atoms with E-state index in [-0.39, 0.29) is 24.4 Å². The van der Waals surface area contributed by atoms with E-state index in [4.69, 9.17) is 9.47 Å². The van der Waals surface area contributed by atoms with Crippen molar-refractivity contribution >= 4 is 17.5 Å². The molecule has 31 heavy (non-hydrogen) atoms. The molecule has 0 radical (unpaired) electrons. The van der Waals surface area contributed by atoms with Crippen molar-refractivity contribution < 1.29 is 19.1 Å². The summed E-state index contributed by atoms with van der Waals surface area (Å²) in [5, 5.41) is 2.99. The minimum absolute atomic E-state index is 0.126. The summed E-state index contributed by atoms with van der Waals surface area (Å²) in [6, 6.07) is 23.6. The van der Waals surface area contributed by atoms with E-state index in [0.29, 0.717) is 17.0 Å². The molecule has 0 aliphatic carbocycles. The van der Waals surface area contributed by atoms with E-state index in [1.165, 1.54) is 0 Å². The Balaban J connectivity index is 1.55. The van der Waals surface area contributed by atoms with Gasteiger partial charge in [-0.3, -0.25) is 9.59 Å². The van der Waals surface area contributed by atoms with Crippen molar-refractivity contribution in [3.63, 3.8) is 0 Å². The molecule has 1 aliphatic heterocycles. The number of hydrogen-bond acceptors (Lipinski definition) is 4. The number of benzene rings is 3. The van der Waals surface area contributed by atoms with Crippen LogP contribution in [0.4, 0.5) is 5.69 Å². The lowest BCUT2D eigenvalue weighted by atomic mass is 10.1. The van der Waals surface area contributed by atoms with Crippen LogP contribution in [0.15, 0.2) is 78.9 Å². The predicted octanol–water partition coefficient (Wildman–Crippen LogP) is 3.98. The van der Waals surface area contributed by atoms with Crippen LogP contribution >= 0.6 is 0 Å². The highest BCUT2D eigenvalue weighted by Crippen LogP contribution is 2.34. The van der Waals surface area contributed by atoms with E-state index in [9.17, 15) is 9.59 Å². The number of nitrogens with one attached hydrogen (secondary N) is 1. The van der Waals surface area contributed by atoms with Crippen molar-refractivity contribution in [2.75, 3.05) is 18.6 Å². The first kappa shape index (κ1) is 20.5. The molecule has 3 aromatic rings. The zero-order chi connectivity index (χ0) is 21.8. The summed E-state index contributed by atoms with van der Waals surface area (Å²) in [4.78, 5) is 27.8. The molecule has 0 spiro atoms. The van der Waals surface area contributed by atoms with Crippen LogP contribution in [0.5, 0.6) is 11.5 Å². The number of methoxy groups -OCH3 is 1. The Morgan fingerprint density at radius 3 is 2.55 bits per heavy atom. The monoisotopic (exact) mass is 416 g/mol. The number of carbonyl (C=O) groups is 2. The zero-order valence-corrected chi connectivity index (χ0v) is 17.4. The fraction of sp³-hybridized carbons (Fsp3) is 0.200. The van der Waals surface area contributed by atoms with Crippen molar-refractivity contribution in [3.8, 4) is 11.5 Å². The number of hydrogen-bond donors (Lipinski definition) is 1. The molecule has 1 heterocycles. The van der Waals surface area contributed by atoms with E-state index < -0.39 is 6.10 Å². The first-order valence-corrected chi connectivity index (χ1v) is 10.1. The van der Waals surface area contributed by atoms with Gasteiger partial charge in [-0.25, -0.2) is 0 Å². The molecule has 0 saturated carbocycles. The van der Waals surface area contributed by atoms with Gasteiger partial charge in [-0.05, 0) is 48.9 Å². The van der Waals surface area contributed by atoms with Crippen LogP contribution in [0.1, 0.15) is 28.9 Å². The second-order valence-electron chi connectivity index (χ2n) is 7.36. The highest BCUT2D eigenvalue weighted by atomic mass is 16.5. The highest BCUT2D eigenvalue weighted by molar-refractivity contribution is 6.07. The van der Waals surface area contributed by atoms with Crippen molar-refractivity contribution in [3.05, 3.63) is 90.0 Å². The summed E-state index contributed by atoms with van der Waals surface area (Å²) in [6.07, 6.45) is -0.823. The summed E-state index contributed by atoms with van der Waals surface area (Å²) in [5.74, 6) is 0.777. The quantitative estimate of drug-likeness (QED) is 0.683. The summed E-state index contributed by atoms with van der Waals surface area (Å²) < 4.78 is 11.2. The molecule has 0 fully saturated rings. The van der Waals surface area contributed by atoms with Gasteiger partial charge in [0.2, 0.25) is 0 Å². The number of nitrogens with zero attached hydrogens (tertiary/aromatic N) is 1. The van der Waals surface area contributed by atoms with Crippen molar-refractivity contribution in [2.24, 2.45) is 0 Å². The number of fused-ring (bicyclic) bond motifs is 1. The van der Waals surface area contributed by atoms with Gasteiger partial charge < -0.3 is 19.7 Å². The molecule has 0 saturated heterocycles. The van der Waals surface area contributed by atoms with Gasteiger partial charge in [0.1, 0.15) is 11.5 Å². The van der Waals surface area contributed by atoms with Crippen LogP contribution in [-0.2, 0) is 4.79 Å². The van der Waals surface area contributed by atoms with Gasteiger partial charge in [-0.15, -0.1) is 0 Å². The van der Waals surface area contributed by atoms with E-state index in [1.54, 1.807) is 30.2 Å². The second-order valence-corrected chi connectivity index (χ2v) is 7.36. The Bertz CT molecular complexity index is 1080. The summed E-state index contributed by atoms with van der Waals surface area (Å²) >= 11 is 0. The largest absolute Gasteiger partial charge is 0.497 e. The second kappa shape index (κ2) is 8.92. The lowest BCUT2D eigenvalue weighted by Crippen LogP contribution is -2.51. The molecular weight excluding hydrogens is 392 g/mol. The fourth-order valence-corrected chi connectivity index (χ4v) is 3.60. The SMILES string of the molecule is COc1cccc(C(C)NC(=O)C2CN(C(=O)c3ccccc3)c3ccccc3O2)c1. The topological polar surface area (TPSA) is 67.9 Å². The van der Waals surface area contributed by atoms with Gasteiger partial charge in [0.05, 0.1) is 25.4 Å². The number of anilines is 1. The molecule has 0 aromatic heterocycles. The summed E-state index contributed by atoms with van der Waals surface area (Å²) in [5.41, 5.74) is 2.13. The Morgan fingerprint density at radius 2 is 1.77 bits per heavy atom. The van der Waals surface area contributed by atoms with Crippen LogP contribution in [0.3, 0.4) is 0 Å². The average molecular weight is 416 g/mol. The molecule has 2 atom stereocenters. The molecule has 1 aliphatic rings. The van der Waals surface area contributed by atoms with Crippen LogP contribution in [-0.4, -0.2) is 31.6 Å². The number of ether oxygens (including phenoxy) is 2. The van der Waals surface area contributed by atoms with Crippen molar-refractivity contribution in [2.45, 2.75) is 19.1 Å². The fourth-order valence-electron chi connectivity index (χ4n) is 3.60. The Morgan fingerprint density at radius 1 is 1.03 bits per heavy atom. The molecular formula is C25H24N2O4. The van der Waals surface area contributed by atoms with Gasteiger partial charge in [-0.1, -0.05) is 42.5 Å². The van der Waals surface area contributed by atoms with Gasteiger partial charge in [0.15, 0.2) is 6.10 Å². The number of amides is 2. The maximum Gasteiger partial charge on any atom is 0.263 e. The maximum atomic E-state index is 13.2. The van der Waals surface area contributed by atoms with Crippen LogP contribution in [0.25, 0.3) is 0 Å². The first-order valence-electron chi connectivity index (χ1n) is 10.1. The third-order valence-electron chi connectivity index (χ3n) is 5.28. The lowest BCUT2D eigenvalue weighted by molar-refractivity contribution is -0.128. The molecule has 1 N–H and O–H groups in total. The van der Waals surface area contributed by atoms with Gasteiger partial charge in [0.25, 0.3) is 11.8 Å². The van der Waals surface area contributed by atoms with Crippen LogP contribution in [0.2, 0.25) is 0 Å². The minimum Gasteiger partial charge on any atom is -0.497 e. The Hall–Kier alpha value is -3.80. The molecule has 3 aromatic carbocycles. The maximum absolute atomic E-state index is 13.2. The molecule has 4 rings (SSSR count). The van der Waals surface area contributed by atoms with E-state index in [2.05, 4.69) is 5.32 Å². The van der Waals surface area contributed by atoms with E-state index >= 15 is 0 Å². The normalized spacial score (nSPS) is 15.9. The first-order chi connectivity index (χ1) is 15.1. The van der Waals surface area contributed by atoms with Crippen molar-refractivity contribution in [1.29, 1.82) is 0 Å². The average Bonchev–Trinajstić information content (AvgIpc) is 2.83. The minimum atomic E-state index is -0.823. The summed E-state index contributed by atoms with van der Waals surface area (Å²) in [7, 11) is 1.61. The van der Waals surface area contributed by atoms with Crippen LogP contribution < -0.4 is 19.7 Å². The molecule has 0 bridgehead atoms. The molecule has 6 nitrogen and oxygen atoms in total. The number of rotatable bonds is 5. The lowest BCUT2D eigenvalue weighted by Gasteiger charge is -2.34. The molecule has 6 heteroatoms. The number of para-hydroxylation sites is 2. The summed E-state index contributed by atoms with van der Waals surface area (Å²) in [6.45, 7) is 2.03. The highest BCUT2D eigenvalue weighted by Gasteiger charge is 2.34. The Labute approximate surface area is 181 Å².